The fourth-order valence-electron chi connectivity index (χ4n) is 2.13. The third kappa shape index (κ3) is 2.60. The van der Waals surface area contributed by atoms with Crippen molar-refractivity contribution in [3.63, 3.8) is 0 Å². The number of anilines is 1. The van der Waals surface area contributed by atoms with E-state index in [-0.39, 0.29) is 6.03 Å². The molecule has 1 aliphatic heterocycles. The third-order valence-corrected chi connectivity index (χ3v) is 3.09. The molecule has 0 aromatic heterocycles. The maximum Gasteiger partial charge on any atom is 0.321 e. The lowest BCUT2D eigenvalue weighted by molar-refractivity contribution is 0.236. The molecule has 5 nitrogen and oxygen atoms in total. The SMILES string of the molecule is N#Cc1cccc(N2CC(CCN)CNC2=O)c1. The minimum Gasteiger partial charge on any atom is -0.337 e. The van der Waals surface area contributed by atoms with Gasteiger partial charge in [0.1, 0.15) is 0 Å². The summed E-state index contributed by atoms with van der Waals surface area (Å²) in [4.78, 5) is 13.5. The molecule has 5 heteroatoms. The number of carbonyl (C=O) groups excluding carboxylic acids is 1. The zero-order valence-corrected chi connectivity index (χ0v) is 10.1. The number of benzene rings is 1. The first kappa shape index (κ1) is 12.4. The van der Waals surface area contributed by atoms with Crippen molar-refractivity contribution in [2.24, 2.45) is 11.7 Å². The minimum absolute atomic E-state index is 0.113. The molecule has 0 aliphatic carbocycles. The highest BCUT2D eigenvalue weighted by atomic mass is 16.2. The summed E-state index contributed by atoms with van der Waals surface area (Å²) in [7, 11) is 0. The molecule has 1 aliphatic rings. The van der Waals surface area contributed by atoms with E-state index in [1.807, 2.05) is 6.07 Å². The van der Waals surface area contributed by atoms with Gasteiger partial charge >= 0.3 is 6.03 Å². The van der Waals surface area contributed by atoms with E-state index in [9.17, 15) is 4.79 Å². The van der Waals surface area contributed by atoms with Crippen molar-refractivity contribution in [3.05, 3.63) is 29.8 Å². The molecule has 18 heavy (non-hydrogen) atoms. The molecular formula is C13H16N4O. The molecule has 1 heterocycles. The highest BCUT2D eigenvalue weighted by molar-refractivity contribution is 5.92. The molecule has 1 unspecified atom stereocenters. The average Bonchev–Trinajstić information content (AvgIpc) is 2.41. The second-order valence-corrected chi connectivity index (χ2v) is 4.40. The number of nitrogens with two attached hydrogens (primary N) is 1. The monoisotopic (exact) mass is 244 g/mol. The highest BCUT2D eigenvalue weighted by Crippen LogP contribution is 2.20. The topological polar surface area (TPSA) is 82.2 Å². The summed E-state index contributed by atoms with van der Waals surface area (Å²) in [6.07, 6.45) is 0.884. The van der Waals surface area contributed by atoms with Crippen LogP contribution in [0.4, 0.5) is 10.5 Å². The van der Waals surface area contributed by atoms with Crippen molar-refractivity contribution in [2.75, 3.05) is 24.5 Å². The summed E-state index contributed by atoms with van der Waals surface area (Å²) >= 11 is 0. The Bertz CT molecular complexity index is 480. The zero-order valence-electron chi connectivity index (χ0n) is 10.1. The van der Waals surface area contributed by atoms with Gasteiger partial charge in [0.15, 0.2) is 0 Å². The number of hydrogen-bond donors (Lipinski definition) is 2. The second-order valence-electron chi connectivity index (χ2n) is 4.40. The molecule has 1 aromatic rings. The van der Waals surface area contributed by atoms with Crippen LogP contribution in [0, 0.1) is 17.2 Å². The van der Waals surface area contributed by atoms with Crippen LogP contribution < -0.4 is 16.0 Å². The Labute approximate surface area is 106 Å². The van der Waals surface area contributed by atoms with Crippen LogP contribution in [0.15, 0.2) is 24.3 Å². The molecular weight excluding hydrogens is 228 g/mol. The maximum atomic E-state index is 11.8. The summed E-state index contributed by atoms with van der Waals surface area (Å²) < 4.78 is 0. The van der Waals surface area contributed by atoms with Gasteiger partial charge in [0.25, 0.3) is 0 Å². The normalized spacial score (nSPS) is 19.2. The van der Waals surface area contributed by atoms with Gasteiger partial charge in [0, 0.05) is 18.8 Å². The molecule has 1 atom stereocenters. The van der Waals surface area contributed by atoms with Gasteiger partial charge in [-0.15, -0.1) is 0 Å². The average molecular weight is 244 g/mol. The van der Waals surface area contributed by atoms with E-state index < -0.39 is 0 Å². The van der Waals surface area contributed by atoms with Crippen molar-refractivity contribution in [3.8, 4) is 6.07 Å². The van der Waals surface area contributed by atoms with Gasteiger partial charge in [-0.25, -0.2) is 4.79 Å². The fourth-order valence-corrected chi connectivity index (χ4v) is 2.13. The number of amides is 2. The second kappa shape index (κ2) is 5.52. The van der Waals surface area contributed by atoms with E-state index in [0.29, 0.717) is 31.1 Å². The maximum absolute atomic E-state index is 11.8. The standard InChI is InChI=1S/C13H16N4O/c14-5-4-11-8-16-13(18)17(9-11)12-3-1-2-10(6-12)7-15/h1-3,6,11H,4-5,8-9,14H2,(H,16,18). The molecule has 0 radical (unpaired) electrons. The van der Waals surface area contributed by atoms with E-state index in [4.69, 9.17) is 11.0 Å². The molecule has 3 N–H and O–H groups in total. The van der Waals surface area contributed by atoms with E-state index in [2.05, 4.69) is 11.4 Å². The lowest BCUT2D eigenvalue weighted by Crippen LogP contribution is -2.51. The summed E-state index contributed by atoms with van der Waals surface area (Å²) in [5.74, 6) is 0.360. The van der Waals surface area contributed by atoms with Crippen molar-refractivity contribution in [2.45, 2.75) is 6.42 Å². The number of urea groups is 1. The minimum atomic E-state index is -0.113. The van der Waals surface area contributed by atoms with Gasteiger partial charge in [-0.05, 0) is 37.1 Å². The first-order valence-electron chi connectivity index (χ1n) is 6.00. The van der Waals surface area contributed by atoms with Crippen molar-refractivity contribution >= 4 is 11.7 Å². The zero-order chi connectivity index (χ0) is 13.0. The Morgan fingerprint density at radius 3 is 3.11 bits per heavy atom. The van der Waals surface area contributed by atoms with Gasteiger partial charge in [0.2, 0.25) is 0 Å². The first-order valence-corrected chi connectivity index (χ1v) is 6.00. The van der Waals surface area contributed by atoms with Crippen molar-refractivity contribution in [1.29, 1.82) is 5.26 Å². The van der Waals surface area contributed by atoms with Crippen LogP contribution in [0.2, 0.25) is 0 Å². The van der Waals surface area contributed by atoms with Crippen LogP contribution in [0.1, 0.15) is 12.0 Å². The predicted octanol–water partition coefficient (Wildman–Crippen LogP) is 1.05. The van der Waals surface area contributed by atoms with Gasteiger partial charge in [-0.3, -0.25) is 4.90 Å². The predicted molar refractivity (Wildman–Crippen MR) is 69.1 cm³/mol. The lowest BCUT2D eigenvalue weighted by atomic mass is 10.0. The number of rotatable bonds is 3. The Morgan fingerprint density at radius 2 is 2.39 bits per heavy atom. The van der Waals surface area contributed by atoms with Crippen molar-refractivity contribution in [1.82, 2.24) is 5.32 Å². The number of nitrogens with zero attached hydrogens (tertiary/aromatic N) is 2. The van der Waals surface area contributed by atoms with E-state index in [1.165, 1.54) is 0 Å². The molecule has 2 amide bonds. The number of hydrogen-bond acceptors (Lipinski definition) is 3. The van der Waals surface area contributed by atoms with Gasteiger partial charge < -0.3 is 11.1 Å². The van der Waals surface area contributed by atoms with Crippen LogP contribution in [0.25, 0.3) is 0 Å². The summed E-state index contributed by atoms with van der Waals surface area (Å²) in [6, 6.07) is 9.04. The third-order valence-electron chi connectivity index (χ3n) is 3.09. The highest BCUT2D eigenvalue weighted by Gasteiger charge is 2.25. The number of nitrogens with one attached hydrogen (secondary N) is 1. The summed E-state index contributed by atoms with van der Waals surface area (Å²) in [5, 5.41) is 11.7. The molecule has 0 bridgehead atoms. The van der Waals surface area contributed by atoms with E-state index in [1.54, 1.807) is 23.1 Å². The van der Waals surface area contributed by atoms with Crippen LogP contribution >= 0.6 is 0 Å². The quantitative estimate of drug-likeness (QED) is 0.833. The number of carbonyl (C=O) groups is 1. The van der Waals surface area contributed by atoms with Crippen LogP contribution in [-0.2, 0) is 0 Å². The van der Waals surface area contributed by atoms with E-state index in [0.717, 1.165) is 12.1 Å². The molecule has 94 valence electrons. The molecule has 1 saturated heterocycles. The summed E-state index contributed by atoms with van der Waals surface area (Å²) in [6.45, 7) is 1.94. The van der Waals surface area contributed by atoms with E-state index >= 15 is 0 Å². The molecule has 1 aromatic carbocycles. The van der Waals surface area contributed by atoms with Crippen LogP contribution in [0.3, 0.4) is 0 Å². The number of nitriles is 1. The lowest BCUT2D eigenvalue weighted by Gasteiger charge is -2.33. The van der Waals surface area contributed by atoms with Gasteiger partial charge in [0.05, 0.1) is 11.6 Å². The van der Waals surface area contributed by atoms with Crippen LogP contribution in [-0.4, -0.2) is 25.7 Å². The van der Waals surface area contributed by atoms with Gasteiger partial charge in [-0.1, -0.05) is 6.07 Å². The molecule has 2 rings (SSSR count). The molecule has 0 spiro atoms. The largest absolute Gasteiger partial charge is 0.337 e. The Balaban J connectivity index is 2.19. The smallest absolute Gasteiger partial charge is 0.321 e. The Morgan fingerprint density at radius 1 is 1.56 bits per heavy atom. The molecule has 0 saturated carbocycles. The van der Waals surface area contributed by atoms with Crippen molar-refractivity contribution < 1.29 is 4.79 Å². The summed E-state index contributed by atoms with van der Waals surface area (Å²) in [5.41, 5.74) is 6.86. The van der Waals surface area contributed by atoms with Crippen LogP contribution in [0.5, 0.6) is 0 Å². The Hall–Kier alpha value is -2.06. The molecule has 1 fully saturated rings. The Kier molecular flexibility index (Phi) is 3.80. The fraction of sp³-hybridized carbons (Fsp3) is 0.385. The van der Waals surface area contributed by atoms with Gasteiger partial charge in [-0.2, -0.15) is 5.26 Å². The first-order chi connectivity index (χ1) is 8.74.